The minimum absolute atomic E-state index is 0.188. The van der Waals surface area contributed by atoms with Crippen LogP contribution in [0.1, 0.15) is 13.8 Å². The van der Waals surface area contributed by atoms with Crippen LogP contribution in [0.25, 0.3) is 0 Å². The summed E-state index contributed by atoms with van der Waals surface area (Å²) < 4.78 is 5.26. The van der Waals surface area contributed by atoms with Crippen LogP contribution in [0.5, 0.6) is 5.75 Å². The van der Waals surface area contributed by atoms with Gasteiger partial charge in [0.1, 0.15) is 0 Å². The van der Waals surface area contributed by atoms with Crippen LogP contribution in [0.4, 0.5) is 0 Å². The largest absolute Gasteiger partial charge is 0.478 e. The molecule has 0 saturated heterocycles. The molecule has 1 N–H and O–H groups in total. The third kappa shape index (κ3) is 2.76. The Morgan fingerprint density at radius 1 is 1.33 bits per heavy atom. The molecule has 1 rings (SSSR count). The fraction of sp³-hybridized carbons (Fsp3) is 0.300. The molecular formula is C10H10Cl2O3. The molecule has 0 aromatic heterocycles. The van der Waals surface area contributed by atoms with Crippen LogP contribution in [0.3, 0.4) is 0 Å². The maximum atomic E-state index is 10.8. The van der Waals surface area contributed by atoms with E-state index in [1.54, 1.807) is 18.2 Å². The predicted octanol–water partition coefficient (Wildman–Crippen LogP) is 3.24. The van der Waals surface area contributed by atoms with Crippen LogP contribution in [-0.4, -0.2) is 16.7 Å². The molecule has 15 heavy (non-hydrogen) atoms. The Bertz CT molecular complexity index is 368. The van der Waals surface area contributed by atoms with Crippen molar-refractivity contribution < 1.29 is 14.6 Å². The lowest BCUT2D eigenvalue weighted by Gasteiger charge is -2.22. The fourth-order valence-electron chi connectivity index (χ4n) is 0.879. The normalized spacial score (nSPS) is 11.2. The number of aliphatic carboxylic acids is 1. The summed E-state index contributed by atoms with van der Waals surface area (Å²) in [6, 6.07) is 4.83. The molecule has 5 heteroatoms. The monoisotopic (exact) mass is 248 g/mol. The van der Waals surface area contributed by atoms with Gasteiger partial charge in [0.2, 0.25) is 0 Å². The van der Waals surface area contributed by atoms with Crippen molar-refractivity contribution in [3.63, 3.8) is 0 Å². The second kappa shape index (κ2) is 4.29. The first-order chi connectivity index (χ1) is 6.84. The van der Waals surface area contributed by atoms with Crippen molar-refractivity contribution in [2.45, 2.75) is 19.4 Å². The van der Waals surface area contributed by atoms with E-state index in [0.717, 1.165) is 0 Å². The van der Waals surface area contributed by atoms with Crippen molar-refractivity contribution in [2.75, 3.05) is 0 Å². The first-order valence-corrected chi connectivity index (χ1v) is 4.96. The van der Waals surface area contributed by atoms with Gasteiger partial charge in [-0.2, -0.15) is 0 Å². The van der Waals surface area contributed by atoms with Gasteiger partial charge in [-0.1, -0.05) is 29.3 Å². The molecule has 0 fully saturated rings. The highest BCUT2D eigenvalue weighted by Crippen LogP contribution is 2.34. The Morgan fingerprint density at radius 2 is 1.80 bits per heavy atom. The van der Waals surface area contributed by atoms with E-state index >= 15 is 0 Å². The zero-order valence-electron chi connectivity index (χ0n) is 8.25. The molecule has 0 radical (unpaired) electrons. The Labute approximate surface area is 97.6 Å². The van der Waals surface area contributed by atoms with Crippen LogP contribution in [0.15, 0.2) is 18.2 Å². The quantitative estimate of drug-likeness (QED) is 0.894. The molecule has 0 aliphatic heterocycles. The van der Waals surface area contributed by atoms with Crippen molar-refractivity contribution >= 4 is 29.2 Å². The van der Waals surface area contributed by atoms with Crippen molar-refractivity contribution in [3.05, 3.63) is 28.2 Å². The van der Waals surface area contributed by atoms with Gasteiger partial charge in [-0.25, -0.2) is 4.79 Å². The van der Waals surface area contributed by atoms with Gasteiger partial charge in [-0.15, -0.1) is 0 Å². The molecule has 0 aliphatic rings. The Balaban J connectivity index is 3.04. The fourth-order valence-corrected chi connectivity index (χ4v) is 1.35. The number of carbonyl (C=O) groups is 1. The van der Waals surface area contributed by atoms with E-state index in [9.17, 15) is 4.79 Å². The minimum atomic E-state index is -1.37. The van der Waals surface area contributed by atoms with Crippen molar-refractivity contribution in [2.24, 2.45) is 0 Å². The SMILES string of the molecule is CC(C)(Oc1c(Cl)cccc1Cl)C(=O)O. The van der Waals surface area contributed by atoms with Gasteiger partial charge in [0.25, 0.3) is 0 Å². The molecule has 3 nitrogen and oxygen atoms in total. The van der Waals surface area contributed by atoms with E-state index in [4.69, 9.17) is 33.0 Å². The first-order valence-electron chi connectivity index (χ1n) is 4.21. The summed E-state index contributed by atoms with van der Waals surface area (Å²) in [6.07, 6.45) is 0. The average Bonchev–Trinajstić information content (AvgIpc) is 2.11. The zero-order valence-corrected chi connectivity index (χ0v) is 9.76. The van der Waals surface area contributed by atoms with Crippen LogP contribution in [0.2, 0.25) is 10.0 Å². The molecule has 0 spiro atoms. The third-order valence-electron chi connectivity index (χ3n) is 1.79. The second-order valence-electron chi connectivity index (χ2n) is 3.47. The summed E-state index contributed by atoms with van der Waals surface area (Å²) in [5.41, 5.74) is -1.37. The molecule has 0 saturated carbocycles. The van der Waals surface area contributed by atoms with Crippen LogP contribution in [-0.2, 0) is 4.79 Å². The summed E-state index contributed by atoms with van der Waals surface area (Å²) in [6.45, 7) is 2.85. The highest BCUT2D eigenvalue weighted by Gasteiger charge is 2.30. The molecule has 0 heterocycles. The molecule has 0 aliphatic carbocycles. The van der Waals surface area contributed by atoms with E-state index in [1.165, 1.54) is 13.8 Å². The Hall–Kier alpha value is -0.930. The molecule has 0 amide bonds. The number of hydrogen-bond acceptors (Lipinski definition) is 2. The smallest absolute Gasteiger partial charge is 0.347 e. The topological polar surface area (TPSA) is 46.5 Å². The predicted molar refractivity (Wildman–Crippen MR) is 58.8 cm³/mol. The maximum Gasteiger partial charge on any atom is 0.347 e. The number of para-hydroxylation sites is 1. The molecule has 0 unspecified atom stereocenters. The van der Waals surface area contributed by atoms with E-state index in [2.05, 4.69) is 0 Å². The van der Waals surface area contributed by atoms with Crippen LogP contribution < -0.4 is 4.74 Å². The van der Waals surface area contributed by atoms with E-state index in [1.807, 2.05) is 0 Å². The number of carboxylic acids is 1. The van der Waals surface area contributed by atoms with Gasteiger partial charge < -0.3 is 9.84 Å². The molecular weight excluding hydrogens is 239 g/mol. The summed E-state index contributed by atoms with van der Waals surface area (Å²) in [4.78, 5) is 10.8. The van der Waals surface area contributed by atoms with Gasteiger partial charge in [-0.3, -0.25) is 0 Å². The minimum Gasteiger partial charge on any atom is -0.478 e. The summed E-state index contributed by atoms with van der Waals surface area (Å²) in [5.74, 6) is -0.897. The number of halogens is 2. The molecule has 0 bridgehead atoms. The van der Waals surface area contributed by atoms with E-state index < -0.39 is 11.6 Å². The number of ether oxygens (including phenoxy) is 1. The lowest BCUT2D eigenvalue weighted by Crippen LogP contribution is -2.38. The van der Waals surface area contributed by atoms with E-state index in [-0.39, 0.29) is 15.8 Å². The first kappa shape index (κ1) is 12.1. The molecule has 0 atom stereocenters. The Morgan fingerprint density at radius 3 is 2.20 bits per heavy atom. The van der Waals surface area contributed by atoms with Gasteiger partial charge >= 0.3 is 5.97 Å². The maximum absolute atomic E-state index is 10.8. The number of rotatable bonds is 3. The zero-order chi connectivity index (χ0) is 11.6. The number of hydrogen-bond donors (Lipinski definition) is 1. The molecule has 82 valence electrons. The van der Waals surface area contributed by atoms with E-state index in [0.29, 0.717) is 0 Å². The van der Waals surface area contributed by atoms with Crippen LogP contribution in [0, 0.1) is 0 Å². The van der Waals surface area contributed by atoms with Crippen molar-refractivity contribution in [3.8, 4) is 5.75 Å². The summed E-state index contributed by atoms with van der Waals surface area (Å²) in [7, 11) is 0. The number of benzene rings is 1. The standard InChI is InChI=1S/C10H10Cl2O3/c1-10(2,9(13)14)15-8-6(11)4-3-5-7(8)12/h3-5H,1-2H3,(H,13,14). The molecule has 1 aromatic rings. The summed E-state index contributed by atoms with van der Waals surface area (Å²) in [5, 5.41) is 9.45. The lowest BCUT2D eigenvalue weighted by molar-refractivity contribution is -0.152. The average molecular weight is 249 g/mol. The van der Waals surface area contributed by atoms with Gasteiger partial charge in [0.05, 0.1) is 10.0 Å². The highest BCUT2D eigenvalue weighted by atomic mass is 35.5. The lowest BCUT2D eigenvalue weighted by atomic mass is 10.1. The van der Waals surface area contributed by atoms with Crippen LogP contribution >= 0.6 is 23.2 Å². The molecule has 1 aromatic carbocycles. The Kier molecular flexibility index (Phi) is 3.47. The van der Waals surface area contributed by atoms with Gasteiger partial charge in [0.15, 0.2) is 11.4 Å². The third-order valence-corrected chi connectivity index (χ3v) is 2.39. The van der Waals surface area contributed by atoms with Gasteiger partial charge in [-0.05, 0) is 26.0 Å². The van der Waals surface area contributed by atoms with Gasteiger partial charge in [0, 0.05) is 0 Å². The highest BCUT2D eigenvalue weighted by molar-refractivity contribution is 6.37. The second-order valence-corrected chi connectivity index (χ2v) is 4.28. The van der Waals surface area contributed by atoms with Crippen molar-refractivity contribution in [1.29, 1.82) is 0 Å². The number of carboxylic acid groups (broad SMARTS) is 1. The van der Waals surface area contributed by atoms with Crippen molar-refractivity contribution in [1.82, 2.24) is 0 Å². The summed E-state index contributed by atoms with van der Waals surface area (Å²) >= 11 is 11.7.